The van der Waals surface area contributed by atoms with Gasteiger partial charge in [-0.15, -0.1) is 0 Å². The Bertz CT molecular complexity index is 357. The van der Waals surface area contributed by atoms with E-state index in [1.807, 2.05) is 0 Å². The maximum Gasteiger partial charge on any atom is 0.0642 e. The van der Waals surface area contributed by atoms with Crippen LogP contribution in [0.5, 0.6) is 0 Å². The van der Waals surface area contributed by atoms with E-state index in [2.05, 4.69) is 34.5 Å². The second-order valence-corrected chi connectivity index (χ2v) is 4.51. The zero-order valence-electron chi connectivity index (χ0n) is 9.48. The van der Waals surface area contributed by atoms with Gasteiger partial charge in [0.25, 0.3) is 0 Å². The van der Waals surface area contributed by atoms with Gasteiger partial charge in [-0.1, -0.05) is 18.2 Å². The second-order valence-electron chi connectivity index (χ2n) is 4.51. The Balaban J connectivity index is 1.86. The number of nitrogens with zero attached hydrogens (tertiary/aromatic N) is 1. The summed E-state index contributed by atoms with van der Waals surface area (Å²) in [5, 5.41) is 3.35. The molecule has 16 heavy (non-hydrogen) atoms. The molecule has 3 nitrogen and oxygen atoms in total. The number of benzene rings is 1. The molecule has 2 heterocycles. The van der Waals surface area contributed by atoms with E-state index in [1.54, 1.807) is 0 Å². The molecule has 2 aliphatic heterocycles. The predicted molar refractivity (Wildman–Crippen MR) is 65.1 cm³/mol. The molecule has 1 aromatic rings. The van der Waals surface area contributed by atoms with Gasteiger partial charge in [0.05, 0.1) is 13.2 Å². The maximum absolute atomic E-state index is 5.41. The largest absolute Gasteiger partial charge is 0.378 e. The van der Waals surface area contributed by atoms with Crippen LogP contribution in [0.25, 0.3) is 0 Å². The van der Waals surface area contributed by atoms with E-state index in [0.717, 1.165) is 39.4 Å². The van der Waals surface area contributed by atoms with Crippen LogP contribution in [0.1, 0.15) is 11.5 Å². The maximum atomic E-state index is 5.41. The normalized spacial score (nSPS) is 21.9. The molecule has 0 saturated carbocycles. The van der Waals surface area contributed by atoms with Crippen molar-refractivity contribution in [2.75, 3.05) is 44.3 Å². The SMILES string of the molecule is c1ccc(N2CCOCC2)c(C2CNC2)c1. The number of nitrogens with one attached hydrogen (secondary N) is 1. The summed E-state index contributed by atoms with van der Waals surface area (Å²) in [6, 6.07) is 8.81. The molecule has 0 bridgehead atoms. The first-order chi connectivity index (χ1) is 7.95. The quantitative estimate of drug-likeness (QED) is 0.807. The van der Waals surface area contributed by atoms with Gasteiger partial charge in [-0.2, -0.15) is 0 Å². The standard InChI is InChI=1S/C13H18N2O/c1-2-4-13(15-5-7-16-8-6-15)12(3-1)11-9-14-10-11/h1-4,11,14H,5-10H2. The molecule has 0 aliphatic carbocycles. The van der Waals surface area contributed by atoms with Gasteiger partial charge in [0.15, 0.2) is 0 Å². The van der Waals surface area contributed by atoms with Crippen molar-refractivity contribution in [2.45, 2.75) is 5.92 Å². The van der Waals surface area contributed by atoms with Gasteiger partial charge in [0.1, 0.15) is 0 Å². The van der Waals surface area contributed by atoms with Crippen LogP contribution in [0.15, 0.2) is 24.3 Å². The number of hydrogen-bond acceptors (Lipinski definition) is 3. The third-order valence-electron chi connectivity index (χ3n) is 3.51. The first kappa shape index (κ1) is 10.1. The second kappa shape index (κ2) is 4.44. The molecule has 2 saturated heterocycles. The number of rotatable bonds is 2. The molecule has 0 amide bonds. The lowest BCUT2D eigenvalue weighted by molar-refractivity contribution is 0.122. The highest BCUT2D eigenvalue weighted by Crippen LogP contribution is 2.30. The van der Waals surface area contributed by atoms with Crippen molar-refractivity contribution in [3.05, 3.63) is 29.8 Å². The van der Waals surface area contributed by atoms with E-state index >= 15 is 0 Å². The van der Waals surface area contributed by atoms with Gasteiger partial charge >= 0.3 is 0 Å². The highest BCUT2D eigenvalue weighted by molar-refractivity contribution is 5.56. The van der Waals surface area contributed by atoms with Gasteiger partial charge < -0.3 is 15.0 Å². The van der Waals surface area contributed by atoms with Crippen LogP contribution in [-0.2, 0) is 4.74 Å². The average Bonchev–Trinajstić information content (AvgIpc) is 2.29. The molecule has 86 valence electrons. The Hall–Kier alpha value is -1.06. The smallest absolute Gasteiger partial charge is 0.0642 e. The number of para-hydroxylation sites is 1. The van der Waals surface area contributed by atoms with Gasteiger partial charge in [-0.05, 0) is 11.6 Å². The molecular weight excluding hydrogens is 200 g/mol. The van der Waals surface area contributed by atoms with Gasteiger partial charge in [0.2, 0.25) is 0 Å². The summed E-state index contributed by atoms with van der Waals surface area (Å²) >= 11 is 0. The number of anilines is 1. The highest BCUT2D eigenvalue weighted by atomic mass is 16.5. The Morgan fingerprint density at radius 1 is 1.12 bits per heavy atom. The van der Waals surface area contributed by atoms with Crippen molar-refractivity contribution in [2.24, 2.45) is 0 Å². The van der Waals surface area contributed by atoms with Crippen LogP contribution in [0.4, 0.5) is 5.69 Å². The summed E-state index contributed by atoms with van der Waals surface area (Å²) in [5.41, 5.74) is 2.92. The molecule has 0 unspecified atom stereocenters. The summed E-state index contributed by atoms with van der Waals surface area (Å²) in [5.74, 6) is 0.707. The molecule has 1 N–H and O–H groups in total. The molecule has 2 fully saturated rings. The molecular formula is C13H18N2O. The minimum absolute atomic E-state index is 0.707. The highest BCUT2D eigenvalue weighted by Gasteiger charge is 2.24. The molecule has 2 aliphatic rings. The summed E-state index contributed by atoms with van der Waals surface area (Å²) in [4.78, 5) is 2.46. The monoisotopic (exact) mass is 218 g/mol. The molecule has 1 aromatic carbocycles. The van der Waals surface area contributed by atoms with E-state index in [0.29, 0.717) is 5.92 Å². The molecule has 3 rings (SSSR count). The first-order valence-electron chi connectivity index (χ1n) is 6.07. The predicted octanol–water partition coefficient (Wildman–Crippen LogP) is 1.21. The zero-order chi connectivity index (χ0) is 10.8. The lowest BCUT2D eigenvalue weighted by atomic mass is 9.92. The fourth-order valence-corrected chi connectivity index (χ4v) is 2.43. The minimum atomic E-state index is 0.707. The minimum Gasteiger partial charge on any atom is -0.378 e. The topological polar surface area (TPSA) is 24.5 Å². The summed E-state index contributed by atoms with van der Waals surface area (Å²) in [6.45, 7) is 6.02. The first-order valence-corrected chi connectivity index (χ1v) is 6.07. The van der Waals surface area contributed by atoms with Crippen molar-refractivity contribution in [3.63, 3.8) is 0 Å². The van der Waals surface area contributed by atoms with E-state index < -0.39 is 0 Å². The summed E-state index contributed by atoms with van der Waals surface area (Å²) < 4.78 is 5.41. The Labute approximate surface area is 96.4 Å². The molecule has 0 atom stereocenters. The third-order valence-corrected chi connectivity index (χ3v) is 3.51. The molecule has 3 heteroatoms. The molecule has 0 spiro atoms. The fourth-order valence-electron chi connectivity index (χ4n) is 2.43. The average molecular weight is 218 g/mol. The van der Waals surface area contributed by atoms with Crippen LogP contribution in [-0.4, -0.2) is 39.4 Å². The lowest BCUT2D eigenvalue weighted by Gasteiger charge is -2.35. The van der Waals surface area contributed by atoms with Crippen molar-refractivity contribution in [1.82, 2.24) is 5.32 Å². The molecule has 0 radical (unpaired) electrons. The fraction of sp³-hybridized carbons (Fsp3) is 0.538. The zero-order valence-corrected chi connectivity index (χ0v) is 9.48. The summed E-state index contributed by atoms with van der Waals surface area (Å²) in [6.07, 6.45) is 0. The van der Waals surface area contributed by atoms with Gasteiger partial charge in [-0.3, -0.25) is 0 Å². The van der Waals surface area contributed by atoms with Gasteiger partial charge in [-0.25, -0.2) is 0 Å². The van der Waals surface area contributed by atoms with Crippen LogP contribution in [0.2, 0.25) is 0 Å². The molecule has 0 aromatic heterocycles. The van der Waals surface area contributed by atoms with Crippen LogP contribution in [0.3, 0.4) is 0 Å². The van der Waals surface area contributed by atoms with Crippen molar-refractivity contribution < 1.29 is 4.74 Å². The number of ether oxygens (including phenoxy) is 1. The van der Waals surface area contributed by atoms with E-state index in [9.17, 15) is 0 Å². The lowest BCUT2D eigenvalue weighted by Crippen LogP contribution is -2.42. The Morgan fingerprint density at radius 2 is 1.88 bits per heavy atom. The Kier molecular flexibility index (Phi) is 2.80. The van der Waals surface area contributed by atoms with E-state index in [1.165, 1.54) is 11.3 Å². The summed E-state index contributed by atoms with van der Waals surface area (Å²) in [7, 11) is 0. The number of morpholine rings is 1. The van der Waals surface area contributed by atoms with Crippen molar-refractivity contribution in [1.29, 1.82) is 0 Å². The van der Waals surface area contributed by atoms with E-state index in [4.69, 9.17) is 4.74 Å². The van der Waals surface area contributed by atoms with Crippen molar-refractivity contribution >= 4 is 5.69 Å². The van der Waals surface area contributed by atoms with E-state index in [-0.39, 0.29) is 0 Å². The van der Waals surface area contributed by atoms with Crippen molar-refractivity contribution in [3.8, 4) is 0 Å². The Morgan fingerprint density at radius 3 is 2.56 bits per heavy atom. The van der Waals surface area contributed by atoms with Gasteiger partial charge in [0, 0.05) is 37.8 Å². The van der Waals surface area contributed by atoms with Crippen LogP contribution >= 0.6 is 0 Å². The van der Waals surface area contributed by atoms with Crippen LogP contribution < -0.4 is 10.2 Å². The third kappa shape index (κ3) is 1.81. The number of hydrogen-bond donors (Lipinski definition) is 1. The van der Waals surface area contributed by atoms with Crippen LogP contribution in [0, 0.1) is 0 Å².